The Morgan fingerprint density at radius 2 is 1.81 bits per heavy atom. The van der Waals surface area contributed by atoms with Crippen molar-refractivity contribution in [3.63, 3.8) is 0 Å². The van der Waals surface area contributed by atoms with Gasteiger partial charge in [-0.1, -0.05) is 41.9 Å². The van der Waals surface area contributed by atoms with Gasteiger partial charge in [-0.05, 0) is 68.5 Å². The third-order valence-corrected chi connectivity index (χ3v) is 10.0. The molecule has 274 valence electrons. The Morgan fingerprint density at radius 3 is 2.52 bits per heavy atom. The van der Waals surface area contributed by atoms with Crippen LogP contribution in [0.3, 0.4) is 0 Å². The molecule has 6 rings (SSSR count). The second-order valence-electron chi connectivity index (χ2n) is 14.7. The maximum Gasteiger partial charge on any atom is 0.410 e. The highest BCUT2D eigenvalue weighted by atomic mass is 35.5. The highest BCUT2D eigenvalue weighted by molar-refractivity contribution is 6.34. The number of ether oxygens (including phenoxy) is 1. The van der Waals surface area contributed by atoms with Crippen LogP contribution in [0.15, 0.2) is 53.5 Å². The van der Waals surface area contributed by atoms with Gasteiger partial charge in [0, 0.05) is 76.3 Å². The SMILES string of the molecule is Cc1c(NC(=O)c2cc(CN3CC[C@@H](O)C3)cn(C)c2=O)cccc1-c1cccc(CC(=O)c2nc3c(n2C)CCN(C(=O)OC(C)(C)C)C3)c1Cl. The Morgan fingerprint density at radius 1 is 1.08 bits per heavy atom. The van der Waals surface area contributed by atoms with E-state index in [2.05, 4.69) is 15.2 Å². The maximum absolute atomic E-state index is 13.7. The molecule has 1 saturated heterocycles. The van der Waals surface area contributed by atoms with E-state index in [0.29, 0.717) is 65.8 Å². The summed E-state index contributed by atoms with van der Waals surface area (Å²) in [5, 5.41) is 13.2. The normalized spacial score (nSPS) is 16.2. The number of halogens is 1. The number of Topliss-reactive ketones (excluding diaryl/α,β-unsaturated/α-hetero) is 1. The predicted octanol–water partition coefficient (Wildman–Crippen LogP) is 5.29. The number of anilines is 1. The molecule has 12 nitrogen and oxygen atoms in total. The number of β-amino-alcohol motifs (C(OH)–C–C–N with tert-alkyl or cyclic N) is 1. The molecule has 0 spiro atoms. The van der Waals surface area contributed by atoms with E-state index < -0.39 is 23.2 Å². The monoisotopic (exact) mass is 728 g/mol. The lowest BCUT2D eigenvalue weighted by Gasteiger charge is -2.29. The van der Waals surface area contributed by atoms with E-state index in [0.717, 1.165) is 28.9 Å². The van der Waals surface area contributed by atoms with Crippen LogP contribution in [0.25, 0.3) is 11.1 Å². The van der Waals surface area contributed by atoms with Gasteiger partial charge < -0.3 is 29.2 Å². The van der Waals surface area contributed by atoms with E-state index in [4.69, 9.17) is 16.3 Å². The standard InChI is InChI=1S/C39H45ClN6O6/c1-23-27(10-8-12-30(23)42-36(49)29-17-24(19-43(5)37(29)50)20-45-15-13-26(47)21-45)28-11-7-9-25(34(28)40)18-33(48)35-41-31-22-46(16-14-32(31)44(35)6)38(51)52-39(2,3)4/h7-12,17,19,26,47H,13-16,18,20-22H2,1-6H3,(H,42,49)/t26-/m1/s1. The Bertz CT molecular complexity index is 2110. The Balaban J connectivity index is 1.19. The Kier molecular flexibility index (Phi) is 10.4. The molecule has 1 atom stereocenters. The first kappa shape index (κ1) is 37.0. The van der Waals surface area contributed by atoms with Crippen LogP contribution in [0.4, 0.5) is 10.5 Å². The van der Waals surface area contributed by atoms with Gasteiger partial charge in [-0.3, -0.25) is 19.3 Å². The number of carbonyl (C=O) groups is 3. The van der Waals surface area contributed by atoms with Gasteiger partial charge in [-0.15, -0.1) is 0 Å². The fraction of sp³-hybridized carbons (Fsp3) is 0.410. The lowest BCUT2D eigenvalue weighted by Crippen LogP contribution is -2.40. The highest BCUT2D eigenvalue weighted by Crippen LogP contribution is 2.36. The molecule has 2 aromatic carbocycles. The molecule has 2 aliphatic heterocycles. The number of pyridine rings is 1. The molecule has 13 heteroatoms. The number of ketones is 1. The van der Waals surface area contributed by atoms with Gasteiger partial charge in [0.15, 0.2) is 5.82 Å². The van der Waals surface area contributed by atoms with Crippen LogP contribution in [0.1, 0.15) is 76.2 Å². The zero-order valence-corrected chi connectivity index (χ0v) is 31.2. The van der Waals surface area contributed by atoms with Gasteiger partial charge in [-0.2, -0.15) is 0 Å². The van der Waals surface area contributed by atoms with Gasteiger partial charge >= 0.3 is 6.09 Å². The largest absolute Gasteiger partial charge is 0.444 e. The molecule has 1 fully saturated rings. The van der Waals surface area contributed by atoms with E-state index >= 15 is 0 Å². The quantitative estimate of drug-likeness (QED) is 0.234. The number of nitrogens with zero attached hydrogens (tertiary/aromatic N) is 5. The maximum atomic E-state index is 13.7. The molecular formula is C39H45ClN6O6. The fourth-order valence-electron chi connectivity index (χ4n) is 6.93. The van der Waals surface area contributed by atoms with Crippen molar-refractivity contribution in [2.24, 2.45) is 14.1 Å². The molecule has 0 radical (unpaired) electrons. The summed E-state index contributed by atoms with van der Waals surface area (Å²) in [6.07, 6.45) is 2.20. The second kappa shape index (κ2) is 14.7. The van der Waals surface area contributed by atoms with Crippen molar-refractivity contribution in [3.05, 3.63) is 104 Å². The van der Waals surface area contributed by atoms with Crippen LogP contribution in [0.2, 0.25) is 5.02 Å². The number of imidazole rings is 1. The topological polar surface area (TPSA) is 139 Å². The van der Waals surface area contributed by atoms with Crippen molar-refractivity contribution < 1.29 is 24.2 Å². The minimum Gasteiger partial charge on any atom is -0.444 e. The number of aliphatic hydroxyl groups excluding tert-OH is 1. The number of hydrogen-bond acceptors (Lipinski definition) is 8. The van der Waals surface area contributed by atoms with Crippen LogP contribution in [-0.4, -0.2) is 78.1 Å². The summed E-state index contributed by atoms with van der Waals surface area (Å²) in [5.74, 6) is -0.435. The number of likely N-dealkylation sites (tertiary alicyclic amines) is 1. The minimum atomic E-state index is -0.614. The predicted molar refractivity (Wildman–Crippen MR) is 199 cm³/mol. The summed E-state index contributed by atoms with van der Waals surface area (Å²) in [6.45, 7) is 9.88. The molecule has 0 saturated carbocycles. The molecule has 0 aliphatic carbocycles. The lowest BCUT2D eigenvalue weighted by atomic mass is 9.96. The number of amides is 2. The second-order valence-corrected chi connectivity index (χ2v) is 15.1. The summed E-state index contributed by atoms with van der Waals surface area (Å²) in [7, 11) is 3.43. The van der Waals surface area contributed by atoms with Crippen LogP contribution in [0.5, 0.6) is 0 Å². The zero-order valence-electron chi connectivity index (χ0n) is 30.5. The van der Waals surface area contributed by atoms with E-state index in [1.54, 1.807) is 40.9 Å². The van der Waals surface area contributed by atoms with E-state index in [9.17, 15) is 24.3 Å². The molecule has 4 aromatic rings. The number of hydrogen-bond donors (Lipinski definition) is 2. The first-order valence-electron chi connectivity index (χ1n) is 17.4. The summed E-state index contributed by atoms with van der Waals surface area (Å²) in [5.41, 5.74) is 4.74. The van der Waals surface area contributed by atoms with Crippen LogP contribution >= 0.6 is 11.6 Å². The summed E-state index contributed by atoms with van der Waals surface area (Å²) >= 11 is 6.99. The molecule has 0 unspecified atom stereocenters. The van der Waals surface area contributed by atoms with Crippen LogP contribution < -0.4 is 10.9 Å². The van der Waals surface area contributed by atoms with E-state index in [1.807, 2.05) is 59.0 Å². The molecule has 2 N–H and O–H groups in total. The summed E-state index contributed by atoms with van der Waals surface area (Å²) in [4.78, 5) is 61.3. The number of aromatic nitrogens is 3. The van der Waals surface area contributed by atoms with Crippen molar-refractivity contribution in [2.45, 2.75) is 71.8 Å². The number of nitrogens with one attached hydrogen (secondary N) is 1. The van der Waals surface area contributed by atoms with Crippen LogP contribution in [-0.2, 0) is 44.8 Å². The molecule has 2 aliphatic rings. The summed E-state index contributed by atoms with van der Waals surface area (Å²) in [6, 6.07) is 12.6. The van der Waals surface area contributed by atoms with Crippen molar-refractivity contribution in [1.29, 1.82) is 0 Å². The molecule has 2 amide bonds. The van der Waals surface area contributed by atoms with Crippen molar-refractivity contribution in [1.82, 2.24) is 23.9 Å². The van der Waals surface area contributed by atoms with E-state index in [-0.39, 0.29) is 30.4 Å². The Labute approximate surface area is 308 Å². The average Bonchev–Trinajstić information content (AvgIpc) is 3.65. The number of fused-ring (bicyclic) bond motifs is 1. The zero-order chi connectivity index (χ0) is 37.5. The first-order valence-corrected chi connectivity index (χ1v) is 17.8. The van der Waals surface area contributed by atoms with Gasteiger partial charge in [-0.25, -0.2) is 9.78 Å². The fourth-order valence-corrected chi connectivity index (χ4v) is 7.23. The first-order chi connectivity index (χ1) is 24.6. The van der Waals surface area contributed by atoms with Gasteiger partial charge in [0.1, 0.15) is 11.2 Å². The lowest BCUT2D eigenvalue weighted by molar-refractivity contribution is 0.0220. The molecule has 2 aromatic heterocycles. The smallest absolute Gasteiger partial charge is 0.410 e. The van der Waals surface area contributed by atoms with Crippen molar-refractivity contribution in [3.8, 4) is 11.1 Å². The molecule has 52 heavy (non-hydrogen) atoms. The third-order valence-electron chi connectivity index (χ3n) is 9.60. The van der Waals surface area contributed by atoms with Crippen LogP contribution in [0, 0.1) is 6.92 Å². The van der Waals surface area contributed by atoms with Gasteiger partial charge in [0.05, 0.1) is 23.4 Å². The molecule has 0 bridgehead atoms. The summed E-state index contributed by atoms with van der Waals surface area (Å²) < 4.78 is 8.75. The number of carbonyl (C=O) groups excluding carboxylic acids is 3. The van der Waals surface area contributed by atoms with Crippen molar-refractivity contribution in [2.75, 3.05) is 25.0 Å². The molecular weight excluding hydrogens is 684 g/mol. The van der Waals surface area contributed by atoms with E-state index in [1.165, 1.54) is 4.57 Å². The molecule has 4 heterocycles. The van der Waals surface area contributed by atoms with Crippen molar-refractivity contribution >= 4 is 35.1 Å². The third kappa shape index (κ3) is 7.84. The number of aliphatic hydroxyl groups is 1. The highest BCUT2D eigenvalue weighted by Gasteiger charge is 2.30. The Hall–Kier alpha value is -4.78. The number of benzene rings is 2. The number of rotatable bonds is 8. The van der Waals surface area contributed by atoms with Gasteiger partial charge in [0.2, 0.25) is 5.78 Å². The minimum absolute atomic E-state index is 0.0116. The number of aryl methyl sites for hydroxylation is 1. The average molecular weight is 729 g/mol. The van der Waals surface area contributed by atoms with Gasteiger partial charge in [0.25, 0.3) is 11.5 Å².